The Labute approximate surface area is 127 Å². The van der Waals surface area contributed by atoms with Crippen LogP contribution >= 0.6 is 0 Å². The van der Waals surface area contributed by atoms with Crippen molar-refractivity contribution in [3.05, 3.63) is 30.4 Å². The number of anilines is 1. The predicted molar refractivity (Wildman–Crippen MR) is 79.0 cm³/mol. The molecular formula is C13H15N5O3S. The topological polar surface area (TPSA) is 120 Å². The van der Waals surface area contributed by atoms with Crippen LogP contribution in [0.3, 0.4) is 0 Å². The van der Waals surface area contributed by atoms with Gasteiger partial charge in [0.1, 0.15) is 11.2 Å². The van der Waals surface area contributed by atoms with Gasteiger partial charge in [-0.2, -0.15) is 5.10 Å². The number of hydrogen-bond donors (Lipinski definition) is 2. The highest BCUT2D eigenvalue weighted by Crippen LogP contribution is 2.38. The molecule has 9 heteroatoms. The summed E-state index contributed by atoms with van der Waals surface area (Å²) in [6, 6.07) is 4.44. The number of aromatic nitrogens is 3. The number of primary sulfonamides is 1. The largest absolute Gasteiger partial charge is 0.326 e. The van der Waals surface area contributed by atoms with Crippen molar-refractivity contribution in [2.45, 2.75) is 30.6 Å². The van der Waals surface area contributed by atoms with Gasteiger partial charge in [0, 0.05) is 18.5 Å². The third-order valence-electron chi connectivity index (χ3n) is 3.29. The molecule has 3 N–H and O–H groups in total. The summed E-state index contributed by atoms with van der Waals surface area (Å²) in [5.74, 6) is 0.758. The van der Waals surface area contributed by atoms with Crippen molar-refractivity contribution < 1.29 is 13.2 Å². The lowest BCUT2D eigenvalue weighted by atomic mass is 10.2. The lowest BCUT2D eigenvalue weighted by Gasteiger charge is -2.10. The zero-order valence-electron chi connectivity index (χ0n) is 11.9. The maximum absolute atomic E-state index is 11.8. The summed E-state index contributed by atoms with van der Waals surface area (Å²) in [7, 11) is -3.98. The molecule has 1 aliphatic carbocycles. The van der Waals surface area contributed by atoms with Crippen LogP contribution in [0.5, 0.6) is 0 Å². The zero-order valence-corrected chi connectivity index (χ0v) is 12.7. The van der Waals surface area contributed by atoms with Gasteiger partial charge in [0.05, 0.1) is 5.69 Å². The molecule has 1 amide bonds. The molecule has 0 radical (unpaired) electrons. The van der Waals surface area contributed by atoms with E-state index in [-0.39, 0.29) is 10.8 Å². The van der Waals surface area contributed by atoms with Gasteiger partial charge in [-0.3, -0.25) is 4.79 Å². The molecule has 3 rings (SSSR count). The Morgan fingerprint density at radius 1 is 1.41 bits per heavy atom. The van der Waals surface area contributed by atoms with Gasteiger partial charge in [0.25, 0.3) is 0 Å². The fraction of sp³-hybridized carbons (Fsp3) is 0.308. The lowest BCUT2D eigenvalue weighted by molar-refractivity contribution is -0.114. The second-order valence-corrected chi connectivity index (χ2v) is 6.76. The molecule has 0 atom stereocenters. The standard InChI is InChI=1S/C13H15N5O3S/c1-8(19)16-10-4-5-11(12(6-10)22(14,20)21)18-7-15-13(17-18)9-2-3-9/h4-7,9H,2-3H2,1H3,(H,16,19)(H2,14,20,21). The first-order valence-electron chi connectivity index (χ1n) is 6.71. The number of amides is 1. The van der Waals surface area contributed by atoms with Crippen molar-refractivity contribution in [1.29, 1.82) is 0 Å². The molecule has 0 saturated heterocycles. The van der Waals surface area contributed by atoms with Gasteiger partial charge in [0.2, 0.25) is 15.9 Å². The number of carbonyl (C=O) groups excluding carboxylic acids is 1. The first kappa shape index (κ1) is 14.7. The highest BCUT2D eigenvalue weighted by Gasteiger charge is 2.28. The Kier molecular flexibility index (Phi) is 3.45. The van der Waals surface area contributed by atoms with Gasteiger partial charge < -0.3 is 5.32 Å². The lowest BCUT2D eigenvalue weighted by Crippen LogP contribution is -2.16. The summed E-state index contributed by atoms with van der Waals surface area (Å²) < 4.78 is 25.0. The van der Waals surface area contributed by atoms with E-state index in [1.165, 1.54) is 30.1 Å². The van der Waals surface area contributed by atoms with Gasteiger partial charge >= 0.3 is 0 Å². The molecule has 8 nitrogen and oxygen atoms in total. The molecule has 1 aliphatic rings. The minimum atomic E-state index is -3.98. The van der Waals surface area contributed by atoms with Crippen LogP contribution in [0.2, 0.25) is 0 Å². The Morgan fingerprint density at radius 2 is 2.14 bits per heavy atom. The van der Waals surface area contributed by atoms with Gasteiger partial charge in [0.15, 0.2) is 5.82 Å². The minimum absolute atomic E-state index is 0.119. The third-order valence-corrected chi connectivity index (χ3v) is 4.23. The molecule has 1 saturated carbocycles. The zero-order chi connectivity index (χ0) is 15.9. The summed E-state index contributed by atoms with van der Waals surface area (Å²) in [5.41, 5.74) is 0.652. The van der Waals surface area contributed by atoms with Gasteiger partial charge in [-0.1, -0.05) is 0 Å². The van der Waals surface area contributed by atoms with Crippen molar-refractivity contribution in [3.8, 4) is 5.69 Å². The van der Waals surface area contributed by atoms with E-state index in [1.807, 2.05) is 0 Å². The number of sulfonamides is 1. The second kappa shape index (κ2) is 5.18. The number of nitrogens with zero attached hydrogens (tertiary/aromatic N) is 3. The molecule has 1 heterocycles. The Morgan fingerprint density at radius 3 is 2.73 bits per heavy atom. The molecule has 116 valence electrons. The summed E-state index contributed by atoms with van der Waals surface area (Å²) in [4.78, 5) is 15.2. The smallest absolute Gasteiger partial charge is 0.240 e. The Bertz CT molecular complexity index is 839. The number of benzene rings is 1. The average molecular weight is 321 g/mol. The van der Waals surface area contributed by atoms with Gasteiger partial charge in [-0.05, 0) is 31.0 Å². The summed E-state index contributed by atoms with van der Waals surface area (Å²) in [6.45, 7) is 1.34. The quantitative estimate of drug-likeness (QED) is 0.861. The highest BCUT2D eigenvalue weighted by atomic mass is 32.2. The van der Waals surface area contributed by atoms with E-state index in [0.717, 1.165) is 12.8 Å². The van der Waals surface area contributed by atoms with E-state index >= 15 is 0 Å². The van der Waals surface area contributed by atoms with Crippen LogP contribution in [0.25, 0.3) is 5.69 Å². The van der Waals surface area contributed by atoms with Crippen LogP contribution in [0.15, 0.2) is 29.4 Å². The van der Waals surface area contributed by atoms with Crippen molar-refractivity contribution in [2.24, 2.45) is 5.14 Å². The molecule has 0 bridgehead atoms. The predicted octanol–water partition coefficient (Wildman–Crippen LogP) is 0.750. The molecule has 0 unspecified atom stereocenters. The highest BCUT2D eigenvalue weighted by molar-refractivity contribution is 7.89. The monoisotopic (exact) mass is 321 g/mol. The van der Waals surface area contributed by atoms with Crippen LogP contribution in [0, 0.1) is 0 Å². The maximum atomic E-state index is 11.8. The van der Waals surface area contributed by atoms with Gasteiger partial charge in [-0.25, -0.2) is 23.2 Å². The minimum Gasteiger partial charge on any atom is -0.326 e. The van der Waals surface area contributed by atoms with Crippen LogP contribution in [-0.4, -0.2) is 29.1 Å². The normalized spacial score (nSPS) is 14.8. The number of hydrogen-bond acceptors (Lipinski definition) is 5. The van der Waals surface area contributed by atoms with E-state index in [1.54, 1.807) is 6.07 Å². The molecule has 1 fully saturated rings. The van der Waals surface area contributed by atoms with Crippen molar-refractivity contribution in [3.63, 3.8) is 0 Å². The molecular weight excluding hydrogens is 306 g/mol. The first-order chi connectivity index (χ1) is 10.3. The molecule has 2 aromatic rings. The number of nitrogens with one attached hydrogen (secondary N) is 1. The van der Waals surface area contributed by atoms with Gasteiger partial charge in [-0.15, -0.1) is 0 Å². The van der Waals surface area contributed by atoms with Crippen LogP contribution < -0.4 is 10.5 Å². The fourth-order valence-electron chi connectivity index (χ4n) is 2.13. The molecule has 0 spiro atoms. The van der Waals surface area contributed by atoms with E-state index in [2.05, 4.69) is 15.4 Å². The van der Waals surface area contributed by atoms with Crippen molar-refractivity contribution in [2.75, 3.05) is 5.32 Å². The van der Waals surface area contributed by atoms with Crippen molar-refractivity contribution >= 4 is 21.6 Å². The number of carbonyl (C=O) groups is 1. The summed E-state index contributed by atoms with van der Waals surface area (Å²) in [6.07, 6.45) is 3.57. The summed E-state index contributed by atoms with van der Waals surface area (Å²) >= 11 is 0. The van der Waals surface area contributed by atoms with E-state index < -0.39 is 10.0 Å². The number of rotatable bonds is 4. The first-order valence-corrected chi connectivity index (χ1v) is 8.25. The number of nitrogens with two attached hydrogens (primary N) is 1. The third kappa shape index (κ3) is 3.00. The maximum Gasteiger partial charge on any atom is 0.240 e. The Balaban J connectivity index is 2.06. The molecule has 1 aromatic heterocycles. The van der Waals surface area contributed by atoms with Crippen LogP contribution in [0.4, 0.5) is 5.69 Å². The molecule has 1 aromatic carbocycles. The second-order valence-electron chi connectivity index (χ2n) is 5.23. The molecule has 22 heavy (non-hydrogen) atoms. The van der Waals surface area contributed by atoms with Crippen LogP contribution in [0.1, 0.15) is 31.5 Å². The average Bonchev–Trinajstić information content (AvgIpc) is 3.15. The fourth-order valence-corrected chi connectivity index (χ4v) is 2.88. The van der Waals surface area contributed by atoms with Crippen LogP contribution in [-0.2, 0) is 14.8 Å². The molecule has 0 aliphatic heterocycles. The Hall–Kier alpha value is -2.26. The van der Waals surface area contributed by atoms with E-state index in [4.69, 9.17) is 5.14 Å². The van der Waals surface area contributed by atoms with E-state index in [0.29, 0.717) is 23.1 Å². The van der Waals surface area contributed by atoms with Crippen molar-refractivity contribution in [1.82, 2.24) is 14.8 Å². The van der Waals surface area contributed by atoms with E-state index in [9.17, 15) is 13.2 Å². The summed E-state index contributed by atoms with van der Waals surface area (Å²) in [5, 5.41) is 12.1. The SMILES string of the molecule is CC(=O)Nc1ccc(-n2cnc(C3CC3)n2)c(S(N)(=O)=O)c1.